The minimum Gasteiger partial charge on any atom is -0.241 e. The van der Waals surface area contributed by atoms with Crippen molar-refractivity contribution in [1.82, 2.24) is 9.71 Å². The van der Waals surface area contributed by atoms with Gasteiger partial charge >= 0.3 is 0 Å². The number of aryl methyl sites for hydroxylation is 2. The highest BCUT2D eigenvalue weighted by Gasteiger charge is 2.16. The molecular weight excluding hydrogens is 390 g/mol. The normalized spacial score (nSPS) is 11.7. The Labute approximate surface area is 161 Å². The first kappa shape index (κ1) is 19.6. The summed E-state index contributed by atoms with van der Waals surface area (Å²) in [6.07, 6.45) is 0.476. The van der Waals surface area contributed by atoms with Crippen LogP contribution in [0.5, 0.6) is 0 Å². The van der Waals surface area contributed by atoms with E-state index in [1.165, 1.54) is 42.5 Å². The Balaban J connectivity index is 1.68. The van der Waals surface area contributed by atoms with E-state index >= 15 is 0 Å². The number of hydrogen-bond donors (Lipinski definition) is 1. The predicted molar refractivity (Wildman–Crippen MR) is 102 cm³/mol. The van der Waals surface area contributed by atoms with E-state index < -0.39 is 15.8 Å². The Morgan fingerprint density at radius 1 is 1.07 bits per heavy atom. The molecule has 3 rings (SSSR count). The van der Waals surface area contributed by atoms with Crippen LogP contribution in [0.2, 0.25) is 0 Å². The average molecular weight is 408 g/mol. The molecule has 0 radical (unpaired) electrons. The third-order valence-corrected chi connectivity index (χ3v) is 6.79. The van der Waals surface area contributed by atoms with Crippen molar-refractivity contribution in [3.05, 3.63) is 70.2 Å². The van der Waals surface area contributed by atoms with Crippen molar-refractivity contribution < 1.29 is 17.2 Å². The molecule has 3 aromatic rings. The van der Waals surface area contributed by atoms with Gasteiger partial charge in [-0.1, -0.05) is 0 Å². The zero-order chi connectivity index (χ0) is 19.6. The Kier molecular flexibility index (Phi) is 5.69. The van der Waals surface area contributed by atoms with E-state index in [0.717, 1.165) is 27.2 Å². The number of sulfonamides is 1. The van der Waals surface area contributed by atoms with Crippen molar-refractivity contribution in [2.45, 2.75) is 25.2 Å². The summed E-state index contributed by atoms with van der Waals surface area (Å²) in [5.74, 6) is -0.750. The lowest BCUT2D eigenvalue weighted by Crippen LogP contribution is -2.26. The number of rotatable bonds is 6. The zero-order valence-corrected chi connectivity index (χ0v) is 16.4. The van der Waals surface area contributed by atoms with Crippen LogP contribution in [0.1, 0.15) is 16.1 Å². The van der Waals surface area contributed by atoms with Crippen molar-refractivity contribution in [1.29, 1.82) is 0 Å². The fraction of sp³-hybridized carbons (Fsp3) is 0.211. The molecule has 0 atom stereocenters. The third kappa shape index (κ3) is 4.58. The Morgan fingerprint density at radius 2 is 1.78 bits per heavy atom. The molecule has 0 amide bonds. The summed E-state index contributed by atoms with van der Waals surface area (Å²) in [6.45, 7) is 3.58. The first-order chi connectivity index (χ1) is 12.8. The van der Waals surface area contributed by atoms with E-state index in [1.807, 2.05) is 6.92 Å². The summed E-state index contributed by atoms with van der Waals surface area (Å²) in [7, 11) is -3.71. The lowest BCUT2D eigenvalue weighted by molar-refractivity contribution is 0.580. The number of nitrogens with one attached hydrogen (secondary N) is 1. The van der Waals surface area contributed by atoms with Crippen LogP contribution in [-0.2, 0) is 16.4 Å². The SMILES string of the molecule is Cc1cc(S(=O)(=O)NCCc2sc(-c3ccc(F)cc3)nc2C)ccc1F. The Hall–Kier alpha value is -2.16. The molecule has 0 aliphatic heterocycles. The van der Waals surface area contributed by atoms with Gasteiger partial charge in [-0.3, -0.25) is 0 Å². The van der Waals surface area contributed by atoms with Gasteiger partial charge in [0, 0.05) is 17.0 Å². The molecule has 0 aliphatic carbocycles. The molecular formula is C19H18F2N2O2S2. The van der Waals surface area contributed by atoms with Gasteiger partial charge in [0.1, 0.15) is 16.6 Å². The van der Waals surface area contributed by atoms with Crippen LogP contribution in [0.15, 0.2) is 47.4 Å². The maximum Gasteiger partial charge on any atom is 0.240 e. The van der Waals surface area contributed by atoms with Gasteiger partial charge in [-0.15, -0.1) is 11.3 Å². The minimum atomic E-state index is -3.71. The van der Waals surface area contributed by atoms with Crippen LogP contribution in [-0.4, -0.2) is 19.9 Å². The highest BCUT2D eigenvalue weighted by atomic mass is 32.2. The van der Waals surface area contributed by atoms with Crippen LogP contribution in [0, 0.1) is 25.5 Å². The van der Waals surface area contributed by atoms with Crippen LogP contribution in [0.4, 0.5) is 8.78 Å². The number of halogens is 2. The van der Waals surface area contributed by atoms with Crippen molar-refractivity contribution in [3.63, 3.8) is 0 Å². The summed E-state index contributed by atoms with van der Waals surface area (Å²) < 4.78 is 53.6. The fourth-order valence-electron chi connectivity index (χ4n) is 2.54. The van der Waals surface area contributed by atoms with E-state index in [1.54, 1.807) is 12.1 Å². The maximum atomic E-state index is 13.3. The van der Waals surface area contributed by atoms with E-state index in [-0.39, 0.29) is 22.8 Å². The van der Waals surface area contributed by atoms with Gasteiger partial charge in [-0.2, -0.15) is 0 Å². The molecule has 1 N–H and O–H groups in total. The first-order valence-electron chi connectivity index (χ1n) is 8.24. The van der Waals surface area contributed by atoms with Crippen molar-refractivity contribution in [2.24, 2.45) is 0 Å². The highest BCUT2D eigenvalue weighted by Crippen LogP contribution is 2.28. The van der Waals surface area contributed by atoms with Crippen LogP contribution >= 0.6 is 11.3 Å². The van der Waals surface area contributed by atoms with Crippen LogP contribution < -0.4 is 4.72 Å². The number of hydrogen-bond acceptors (Lipinski definition) is 4. The summed E-state index contributed by atoms with van der Waals surface area (Å²) in [5.41, 5.74) is 1.91. The molecule has 0 saturated heterocycles. The summed E-state index contributed by atoms with van der Waals surface area (Å²) >= 11 is 1.45. The van der Waals surface area contributed by atoms with E-state index in [0.29, 0.717) is 6.42 Å². The largest absolute Gasteiger partial charge is 0.241 e. The molecule has 1 aromatic heterocycles. The smallest absolute Gasteiger partial charge is 0.240 e. The third-order valence-electron chi connectivity index (χ3n) is 4.07. The fourth-order valence-corrected chi connectivity index (χ4v) is 4.73. The average Bonchev–Trinajstić information content (AvgIpc) is 2.98. The van der Waals surface area contributed by atoms with E-state index in [9.17, 15) is 17.2 Å². The second kappa shape index (κ2) is 7.84. The minimum absolute atomic E-state index is 0.0365. The molecule has 0 spiro atoms. The zero-order valence-electron chi connectivity index (χ0n) is 14.8. The van der Waals surface area contributed by atoms with Gasteiger partial charge in [-0.25, -0.2) is 26.9 Å². The van der Waals surface area contributed by atoms with Gasteiger partial charge in [0.15, 0.2) is 0 Å². The monoisotopic (exact) mass is 408 g/mol. The standard InChI is InChI=1S/C19H18F2N2O2S2/c1-12-11-16(7-8-17(12)21)27(24,25)22-10-9-18-13(2)23-19(26-18)14-3-5-15(20)6-4-14/h3-8,11,22H,9-10H2,1-2H3. The van der Waals surface area contributed by atoms with E-state index in [4.69, 9.17) is 0 Å². The number of nitrogens with zero attached hydrogens (tertiary/aromatic N) is 1. The Bertz CT molecular complexity index is 1060. The lowest BCUT2D eigenvalue weighted by Gasteiger charge is -2.07. The molecule has 27 heavy (non-hydrogen) atoms. The number of thiazole rings is 1. The van der Waals surface area contributed by atoms with Gasteiger partial charge in [0.25, 0.3) is 0 Å². The summed E-state index contributed by atoms with van der Waals surface area (Å²) in [5, 5.41) is 0.763. The van der Waals surface area contributed by atoms with Gasteiger partial charge in [0.05, 0.1) is 10.6 Å². The topological polar surface area (TPSA) is 59.1 Å². The second-order valence-electron chi connectivity index (χ2n) is 6.09. The molecule has 142 valence electrons. The highest BCUT2D eigenvalue weighted by molar-refractivity contribution is 7.89. The van der Waals surface area contributed by atoms with Crippen molar-refractivity contribution in [2.75, 3.05) is 6.54 Å². The molecule has 1 heterocycles. The maximum absolute atomic E-state index is 13.3. The molecule has 4 nitrogen and oxygen atoms in total. The number of aromatic nitrogens is 1. The van der Waals surface area contributed by atoms with Crippen molar-refractivity contribution >= 4 is 21.4 Å². The molecule has 0 fully saturated rings. The molecule has 0 unspecified atom stereocenters. The number of benzene rings is 2. The van der Waals surface area contributed by atoms with Crippen molar-refractivity contribution in [3.8, 4) is 10.6 Å². The second-order valence-corrected chi connectivity index (χ2v) is 8.94. The van der Waals surface area contributed by atoms with Gasteiger partial charge in [-0.05, 0) is 68.3 Å². The molecule has 2 aromatic carbocycles. The van der Waals surface area contributed by atoms with Crippen LogP contribution in [0.25, 0.3) is 10.6 Å². The quantitative estimate of drug-likeness (QED) is 0.664. The molecule has 0 bridgehead atoms. The molecule has 8 heteroatoms. The van der Waals surface area contributed by atoms with Gasteiger partial charge < -0.3 is 0 Å². The molecule has 0 saturated carbocycles. The lowest BCUT2D eigenvalue weighted by atomic mass is 10.2. The van der Waals surface area contributed by atoms with Crippen LogP contribution in [0.3, 0.4) is 0 Å². The molecule has 0 aliphatic rings. The predicted octanol–water partition coefficient (Wildman–Crippen LogP) is 4.23. The van der Waals surface area contributed by atoms with Gasteiger partial charge in [0.2, 0.25) is 10.0 Å². The summed E-state index contributed by atoms with van der Waals surface area (Å²) in [6, 6.07) is 9.78. The Morgan fingerprint density at radius 3 is 2.44 bits per heavy atom. The first-order valence-corrected chi connectivity index (χ1v) is 10.5. The van der Waals surface area contributed by atoms with E-state index in [2.05, 4.69) is 9.71 Å². The summed E-state index contributed by atoms with van der Waals surface area (Å²) in [4.78, 5) is 5.47.